The standard InChI is InChI=1S/C25H26N2O5/c1-25(2,3)32-24(30)26-15-8-4-5-10-17-11-6-7-13-19(17)31-20-14-9-12-18-16-21(28)27-23(29)22(18)20/h6-7,9,11-14H,4,8,15-16H2,1-3H3,(H,26,30)(H,27,28,29). The van der Waals surface area contributed by atoms with E-state index in [-0.39, 0.29) is 12.3 Å². The molecule has 0 aliphatic carbocycles. The molecule has 3 amide bonds. The van der Waals surface area contributed by atoms with Crippen molar-refractivity contribution in [3.63, 3.8) is 0 Å². The zero-order valence-electron chi connectivity index (χ0n) is 18.4. The summed E-state index contributed by atoms with van der Waals surface area (Å²) < 4.78 is 11.2. The number of para-hydroxylation sites is 1. The maximum absolute atomic E-state index is 12.3. The van der Waals surface area contributed by atoms with Crippen LogP contribution >= 0.6 is 0 Å². The fourth-order valence-corrected chi connectivity index (χ4v) is 3.09. The molecule has 0 unspecified atom stereocenters. The molecule has 7 heteroatoms. The quantitative estimate of drug-likeness (QED) is 0.422. The van der Waals surface area contributed by atoms with E-state index in [2.05, 4.69) is 22.5 Å². The van der Waals surface area contributed by atoms with Gasteiger partial charge in [-0.15, -0.1) is 0 Å². The Kier molecular flexibility index (Phi) is 7.16. The van der Waals surface area contributed by atoms with Crippen LogP contribution in [0.3, 0.4) is 0 Å². The highest BCUT2D eigenvalue weighted by Crippen LogP contribution is 2.31. The lowest BCUT2D eigenvalue weighted by Gasteiger charge is -2.19. The minimum atomic E-state index is -0.526. The second-order valence-electron chi connectivity index (χ2n) is 8.28. The van der Waals surface area contributed by atoms with E-state index < -0.39 is 17.6 Å². The molecule has 0 atom stereocenters. The molecular weight excluding hydrogens is 408 g/mol. The monoisotopic (exact) mass is 434 g/mol. The molecule has 1 heterocycles. The summed E-state index contributed by atoms with van der Waals surface area (Å²) in [6.45, 7) is 5.91. The van der Waals surface area contributed by atoms with Gasteiger partial charge in [-0.05, 0) is 51.0 Å². The number of benzene rings is 2. The number of imide groups is 1. The first kappa shape index (κ1) is 22.9. The minimum Gasteiger partial charge on any atom is -0.455 e. The summed E-state index contributed by atoms with van der Waals surface area (Å²) in [5, 5.41) is 5.03. The molecular formula is C25H26N2O5. The summed E-state index contributed by atoms with van der Waals surface area (Å²) in [7, 11) is 0. The van der Waals surface area contributed by atoms with Crippen molar-refractivity contribution >= 4 is 17.9 Å². The Balaban J connectivity index is 1.63. The molecule has 32 heavy (non-hydrogen) atoms. The van der Waals surface area contributed by atoms with E-state index in [1.54, 1.807) is 24.3 Å². The summed E-state index contributed by atoms with van der Waals surface area (Å²) in [4.78, 5) is 35.6. The summed E-state index contributed by atoms with van der Waals surface area (Å²) >= 11 is 0. The number of amides is 3. The fraction of sp³-hybridized carbons (Fsp3) is 0.320. The highest BCUT2D eigenvalue weighted by molar-refractivity contribution is 6.11. The van der Waals surface area contributed by atoms with Crippen molar-refractivity contribution in [1.82, 2.24) is 10.6 Å². The zero-order valence-corrected chi connectivity index (χ0v) is 18.4. The number of rotatable bonds is 5. The molecule has 0 saturated heterocycles. The second kappa shape index (κ2) is 10.0. The van der Waals surface area contributed by atoms with Crippen molar-refractivity contribution in [2.45, 2.75) is 45.6 Å². The van der Waals surface area contributed by atoms with Gasteiger partial charge < -0.3 is 14.8 Å². The molecule has 0 radical (unpaired) electrons. The van der Waals surface area contributed by atoms with Gasteiger partial charge in [-0.1, -0.05) is 36.1 Å². The van der Waals surface area contributed by atoms with Crippen LogP contribution in [0, 0.1) is 11.8 Å². The Morgan fingerprint density at radius 2 is 1.84 bits per heavy atom. The van der Waals surface area contributed by atoms with Gasteiger partial charge in [-0.2, -0.15) is 0 Å². The van der Waals surface area contributed by atoms with Crippen molar-refractivity contribution < 1.29 is 23.9 Å². The van der Waals surface area contributed by atoms with Gasteiger partial charge in [-0.25, -0.2) is 4.79 Å². The van der Waals surface area contributed by atoms with Gasteiger partial charge in [0.05, 0.1) is 17.5 Å². The number of ether oxygens (including phenoxy) is 2. The molecule has 1 aliphatic rings. The number of carbonyl (C=O) groups is 3. The molecule has 2 aromatic carbocycles. The molecule has 3 rings (SSSR count). The number of carbonyl (C=O) groups excluding carboxylic acids is 3. The Morgan fingerprint density at radius 3 is 2.62 bits per heavy atom. The van der Waals surface area contributed by atoms with Crippen molar-refractivity contribution in [2.75, 3.05) is 6.54 Å². The summed E-state index contributed by atoms with van der Waals surface area (Å²) in [5.41, 5.74) is 1.15. The number of fused-ring (bicyclic) bond motifs is 1. The van der Waals surface area contributed by atoms with Crippen LogP contribution in [0.25, 0.3) is 0 Å². The van der Waals surface area contributed by atoms with E-state index in [1.165, 1.54) is 0 Å². The number of hydrogen-bond donors (Lipinski definition) is 2. The normalized spacial score (nSPS) is 12.7. The van der Waals surface area contributed by atoms with Crippen LogP contribution in [-0.2, 0) is 16.0 Å². The van der Waals surface area contributed by atoms with Crippen LogP contribution < -0.4 is 15.4 Å². The minimum absolute atomic E-state index is 0.136. The maximum Gasteiger partial charge on any atom is 0.407 e. The number of alkyl carbamates (subject to hydrolysis) is 1. The number of hydrogen-bond acceptors (Lipinski definition) is 5. The summed E-state index contributed by atoms with van der Waals surface area (Å²) in [5.74, 6) is 6.27. The summed E-state index contributed by atoms with van der Waals surface area (Å²) in [6, 6.07) is 12.5. The van der Waals surface area contributed by atoms with Crippen molar-refractivity contribution in [1.29, 1.82) is 0 Å². The van der Waals surface area contributed by atoms with E-state index in [0.29, 0.717) is 47.6 Å². The van der Waals surface area contributed by atoms with Gasteiger partial charge >= 0.3 is 6.09 Å². The Bertz CT molecular complexity index is 1090. The van der Waals surface area contributed by atoms with Gasteiger partial charge in [-0.3, -0.25) is 14.9 Å². The smallest absolute Gasteiger partial charge is 0.407 e. The molecule has 0 saturated carbocycles. The molecule has 166 valence electrons. The lowest BCUT2D eigenvalue weighted by atomic mass is 9.99. The molecule has 7 nitrogen and oxygen atoms in total. The highest BCUT2D eigenvalue weighted by atomic mass is 16.6. The SMILES string of the molecule is CC(C)(C)OC(=O)NCCCC#Cc1ccccc1Oc1cccc2c1C(=O)NC(=O)C2. The average Bonchev–Trinajstić information content (AvgIpc) is 2.70. The molecule has 0 bridgehead atoms. The first-order chi connectivity index (χ1) is 15.2. The predicted octanol–water partition coefficient (Wildman–Crippen LogP) is 3.95. The highest BCUT2D eigenvalue weighted by Gasteiger charge is 2.26. The van der Waals surface area contributed by atoms with Crippen LogP contribution in [0.15, 0.2) is 42.5 Å². The predicted molar refractivity (Wildman–Crippen MR) is 119 cm³/mol. The van der Waals surface area contributed by atoms with Crippen LogP contribution in [0.5, 0.6) is 11.5 Å². The first-order valence-corrected chi connectivity index (χ1v) is 10.4. The third-order valence-electron chi connectivity index (χ3n) is 4.42. The van der Waals surface area contributed by atoms with E-state index in [1.807, 2.05) is 39.0 Å². The Morgan fingerprint density at radius 1 is 1.09 bits per heavy atom. The van der Waals surface area contributed by atoms with Gasteiger partial charge in [0.1, 0.15) is 17.1 Å². The van der Waals surface area contributed by atoms with Crippen molar-refractivity contribution in [3.8, 4) is 23.3 Å². The van der Waals surface area contributed by atoms with Crippen LogP contribution in [0.1, 0.15) is 55.1 Å². The number of unbranched alkanes of at least 4 members (excludes halogenated alkanes) is 1. The van der Waals surface area contributed by atoms with Crippen LogP contribution in [0.2, 0.25) is 0 Å². The van der Waals surface area contributed by atoms with E-state index in [9.17, 15) is 14.4 Å². The van der Waals surface area contributed by atoms with Gasteiger partial charge in [0.2, 0.25) is 5.91 Å². The van der Waals surface area contributed by atoms with Gasteiger partial charge in [0.25, 0.3) is 5.91 Å². The fourth-order valence-electron chi connectivity index (χ4n) is 3.09. The molecule has 0 aromatic heterocycles. The largest absolute Gasteiger partial charge is 0.455 e. The Hall–Kier alpha value is -3.79. The second-order valence-corrected chi connectivity index (χ2v) is 8.28. The third kappa shape index (κ3) is 6.35. The van der Waals surface area contributed by atoms with Crippen LogP contribution in [-0.4, -0.2) is 30.1 Å². The molecule has 1 aliphatic heterocycles. The third-order valence-corrected chi connectivity index (χ3v) is 4.42. The number of nitrogens with one attached hydrogen (secondary N) is 2. The maximum atomic E-state index is 12.3. The topological polar surface area (TPSA) is 93.7 Å². The summed E-state index contributed by atoms with van der Waals surface area (Å²) in [6.07, 6.45) is 0.948. The molecule has 0 fully saturated rings. The molecule has 0 spiro atoms. The van der Waals surface area contributed by atoms with E-state index >= 15 is 0 Å². The zero-order chi connectivity index (χ0) is 23.1. The average molecular weight is 434 g/mol. The Labute approximate surface area is 187 Å². The van der Waals surface area contributed by atoms with Gasteiger partial charge in [0.15, 0.2) is 0 Å². The van der Waals surface area contributed by atoms with E-state index in [4.69, 9.17) is 9.47 Å². The van der Waals surface area contributed by atoms with Crippen molar-refractivity contribution in [2.24, 2.45) is 0 Å². The lowest BCUT2D eigenvalue weighted by Crippen LogP contribution is -2.37. The van der Waals surface area contributed by atoms with Gasteiger partial charge in [0, 0.05) is 13.0 Å². The van der Waals surface area contributed by atoms with Crippen molar-refractivity contribution in [3.05, 3.63) is 59.2 Å². The molecule has 2 N–H and O–H groups in total. The van der Waals surface area contributed by atoms with Crippen LogP contribution in [0.4, 0.5) is 4.79 Å². The molecule has 2 aromatic rings. The van der Waals surface area contributed by atoms with E-state index in [0.717, 1.165) is 0 Å². The first-order valence-electron chi connectivity index (χ1n) is 10.4. The lowest BCUT2D eigenvalue weighted by molar-refractivity contribution is -0.119.